The average molecular weight is 400 g/mol. The molecule has 0 aromatic heterocycles. The van der Waals surface area contributed by atoms with Crippen LogP contribution in [0.15, 0.2) is 60.7 Å². The molecule has 0 spiro atoms. The molecule has 0 aliphatic rings. The van der Waals surface area contributed by atoms with Gasteiger partial charge in [0.2, 0.25) is 5.91 Å². The Morgan fingerprint density at radius 1 is 0.821 bits per heavy atom. The van der Waals surface area contributed by atoms with Crippen LogP contribution in [0.4, 0.5) is 0 Å². The second-order valence-corrected chi connectivity index (χ2v) is 11.3. The molecule has 0 aliphatic carbocycles. The highest BCUT2D eigenvalue weighted by atomic mass is 31.2. The second kappa shape index (κ2) is 10.1. The van der Waals surface area contributed by atoms with Crippen LogP contribution in [0.5, 0.6) is 0 Å². The summed E-state index contributed by atoms with van der Waals surface area (Å²) in [5.41, 5.74) is -0.546. The highest BCUT2D eigenvalue weighted by Gasteiger charge is 2.42. The number of amides is 1. The van der Waals surface area contributed by atoms with Crippen molar-refractivity contribution in [3.05, 3.63) is 60.7 Å². The van der Waals surface area contributed by atoms with E-state index in [1.165, 1.54) is 0 Å². The van der Waals surface area contributed by atoms with Crippen molar-refractivity contribution in [3.8, 4) is 0 Å². The topological polar surface area (TPSA) is 37.4 Å². The predicted octanol–water partition coefficient (Wildman–Crippen LogP) is 4.92. The fourth-order valence-electron chi connectivity index (χ4n) is 3.74. The Morgan fingerprint density at radius 3 is 1.54 bits per heavy atom. The summed E-state index contributed by atoms with van der Waals surface area (Å²) < 4.78 is 14.6. The number of carbonyl (C=O) groups is 1. The molecule has 4 heteroatoms. The monoisotopic (exact) mass is 399 g/mol. The third kappa shape index (κ3) is 5.14. The molecule has 0 radical (unpaired) electrons. The van der Waals surface area contributed by atoms with Crippen LogP contribution in [0.2, 0.25) is 0 Å². The largest absolute Gasteiger partial charge is 0.342 e. The highest BCUT2D eigenvalue weighted by molar-refractivity contribution is 7.80. The van der Waals surface area contributed by atoms with Crippen LogP contribution in [0.25, 0.3) is 0 Å². The van der Waals surface area contributed by atoms with E-state index in [4.69, 9.17) is 0 Å². The number of benzene rings is 2. The standard InChI is InChI=1S/C24H34NO2P/c1-6-23(24(26)25(17-19(2)3)18-20(4)5)28(27,21-13-9-7-10-14-21)22-15-11-8-12-16-22/h7-16,19-20,23H,6,17-18H2,1-5H3. The van der Waals surface area contributed by atoms with Crippen LogP contribution in [-0.2, 0) is 9.36 Å². The van der Waals surface area contributed by atoms with E-state index in [-0.39, 0.29) is 5.91 Å². The van der Waals surface area contributed by atoms with Gasteiger partial charge in [-0.25, -0.2) is 0 Å². The summed E-state index contributed by atoms with van der Waals surface area (Å²) >= 11 is 0. The van der Waals surface area contributed by atoms with E-state index in [9.17, 15) is 9.36 Å². The molecule has 2 aromatic carbocycles. The quantitative estimate of drug-likeness (QED) is 0.561. The minimum Gasteiger partial charge on any atom is -0.342 e. The summed E-state index contributed by atoms with van der Waals surface area (Å²) in [6.45, 7) is 11.8. The van der Waals surface area contributed by atoms with Crippen LogP contribution in [-0.4, -0.2) is 29.6 Å². The maximum Gasteiger partial charge on any atom is 0.233 e. The summed E-state index contributed by atoms with van der Waals surface area (Å²) in [6.07, 6.45) is 0.548. The zero-order valence-electron chi connectivity index (χ0n) is 17.8. The first-order valence-corrected chi connectivity index (χ1v) is 12.1. The first-order valence-electron chi connectivity index (χ1n) is 10.3. The number of rotatable bonds is 9. The lowest BCUT2D eigenvalue weighted by Gasteiger charge is -2.34. The van der Waals surface area contributed by atoms with Crippen molar-refractivity contribution < 1.29 is 9.36 Å². The molecule has 1 amide bonds. The summed E-state index contributed by atoms with van der Waals surface area (Å²) in [4.78, 5) is 15.6. The van der Waals surface area contributed by atoms with Crippen LogP contribution in [0, 0.1) is 11.8 Å². The zero-order valence-corrected chi connectivity index (χ0v) is 18.7. The molecular weight excluding hydrogens is 365 g/mol. The second-order valence-electron chi connectivity index (χ2n) is 8.28. The van der Waals surface area contributed by atoms with Crippen LogP contribution in [0.3, 0.4) is 0 Å². The molecule has 2 rings (SSSR count). The molecule has 0 bridgehead atoms. The van der Waals surface area contributed by atoms with E-state index in [2.05, 4.69) is 27.7 Å². The summed E-state index contributed by atoms with van der Waals surface area (Å²) in [7, 11) is -3.12. The Hall–Kier alpha value is -1.86. The molecule has 0 fully saturated rings. The van der Waals surface area contributed by atoms with Gasteiger partial charge in [0, 0.05) is 23.7 Å². The molecule has 2 aromatic rings. The average Bonchev–Trinajstić information content (AvgIpc) is 2.68. The molecule has 1 atom stereocenters. The molecule has 0 saturated carbocycles. The third-order valence-electron chi connectivity index (χ3n) is 4.87. The van der Waals surface area contributed by atoms with Gasteiger partial charge < -0.3 is 9.46 Å². The SMILES string of the molecule is CCC(C(=O)N(CC(C)C)CC(C)C)P(=O)(c1ccccc1)c1ccccc1. The van der Waals surface area contributed by atoms with Crippen molar-refractivity contribution in [1.82, 2.24) is 4.90 Å². The van der Waals surface area contributed by atoms with Gasteiger partial charge in [0.15, 0.2) is 7.14 Å². The molecule has 152 valence electrons. The zero-order chi connectivity index (χ0) is 20.7. The van der Waals surface area contributed by atoms with Crippen molar-refractivity contribution in [2.45, 2.75) is 46.7 Å². The van der Waals surface area contributed by atoms with Crippen molar-refractivity contribution >= 4 is 23.7 Å². The van der Waals surface area contributed by atoms with Crippen molar-refractivity contribution in [2.24, 2.45) is 11.8 Å². The lowest BCUT2D eigenvalue weighted by atomic mass is 10.1. The lowest BCUT2D eigenvalue weighted by molar-refractivity contribution is -0.131. The van der Waals surface area contributed by atoms with Gasteiger partial charge in [-0.1, -0.05) is 95.3 Å². The normalized spacial score (nSPS) is 13.0. The Morgan fingerprint density at radius 2 is 1.21 bits per heavy atom. The first kappa shape index (κ1) is 22.4. The van der Waals surface area contributed by atoms with E-state index < -0.39 is 12.8 Å². The highest BCUT2D eigenvalue weighted by Crippen LogP contribution is 2.50. The molecular formula is C24H34NO2P. The number of carbonyl (C=O) groups excluding carboxylic acids is 1. The van der Waals surface area contributed by atoms with Gasteiger partial charge in [0.05, 0.1) is 5.66 Å². The molecule has 3 nitrogen and oxygen atoms in total. The van der Waals surface area contributed by atoms with Gasteiger partial charge in [-0.3, -0.25) is 4.79 Å². The number of nitrogens with zero attached hydrogens (tertiary/aromatic N) is 1. The van der Waals surface area contributed by atoms with Crippen LogP contribution < -0.4 is 10.6 Å². The maximum absolute atomic E-state index is 14.6. The van der Waals surface area contributed by atoms with Gasteiger partial charge in [-0.05, 0) is 18.3 Å². The van der Waals surface area contributed by atoms with Crippen LogP contribution >= 0.6 is 7.14 Å². The number of hydrogen-bond donors (Lipinski definition) is 0. The third-order valence-corrected chi connectivity index (χ3v) is 8.47. The molecule has 0 heterocycles. The maximum atomic E-state index is 14.6. The Bertz CT molecular complexity index is 733. The Labute approximate surface area is 170 Å². The smallest absolute Gasteiger partial charge is 0.233 e. The van der Waals surface area contributed by atoms with Crippen molar-refractivity contribution in [1.29, 1.82) is 0 Å². The molecule has 0 saturated heterocycles. The van der Waals surface area contributed by atoms with E-state index in [1.807, 2.05) is 72.5 Å². The summed E-state index contributed by atoms with van der Waals surface area (Å²) in [6, 6.07) is 19.1. The first-order chi connectivity index (χ1) is 13.3. The fourth-order valence-corrected chi connectivity index (χ4v) is 6.98. The van der Waals surface area contributed by atoms with Crippen molar-refractivity contribution in [3.63, 3.8) is 0 Å². The van der Waals surface area contributed by atoms with Gasteiger partial charge in [-0.2, -0.15) is 0 Å². The van der Waals surface area contributed by atoms with Gasteiger partial charge >= 0.3 is 0 Å². The summed E-state index contributed by atoms with van der Waals surface area (Å²) in [5, 5.41) is 1.52. The van der Waals surface area contributed by atoms with Gasteiger partial charge in [0.25, 0.3) is 0 Å². The number of hydrogen-bond acceptors (Lipinski definition) is 2. The van der Waals surface area contributed by atoms with E-state index in [0.717, 1.165) is 10.6 Å². The van der Waals surface area contributed by atoms with Gasteiger partial charge in [0.1, 0.15) is 0 Å². The van der Waals surface area contributed by atoms with E-state index >= 15 is 0 Å². The molecule has 28 heavy (non-hydrogen) atoms. The lowest BCUT2D eigenvalue weighted by Crippen LogP contribution is -2.45. The molecule has 0 aliphatic heterocycles. The minimum atomic E-state index is -3.12. The Kier molecular flexibility index (Phi) is 8.07. The Balaban J connectivity index is 2.56. The van der Waals surface area contributed by atoms with E-state index in [0.29, 0.717) is 31.3 Å². The molecule has 0 N–H and O–H groups in total. The van der Waals surface area contributed by atoms with Gasteiger partial charge in [-0.15, -0.1) is 0 Å². The molecule has 1 unspecified atom stereocenters. The van der Waals surface area contributed by atoms with Crippen LogP contribution in [0.1, 0.15) is 41.0 Å². The van der Waals surface area contributed by atoms with E-state index in [1.54, 1.807) is 0 Å². The minimum absolute atomic E-state index is 0.0148. The summed E-state index contributed by atoms with van der Waals surface area (Å²) in [5.74, 6) is 0.752. The predicted molar refractivity (Wildman–Crippen MR) is 120 cm³/mol. The van der Waals surface area contributed by atoms with Crippen molar-refractivity contribution in [2.75, 3.05) is 13.1 Å². The fraction of sp³-hybridized carbons (Fsp3) is 0.458.